The largest absolute Gasteiger partial charge is 0.497 e. The number of nitrogens with zero attached hydrogens (tertiary/aromatic N) is 3. The van der Waals surface area contributed by atoms with Crippen molar-refractivity contribution in [3.8, 4) is 22.7 Å². The van der Waals surface area contributed by atoms with Gasteiger partial charge in [0, 0.05) is 11.3 Å². The number of pyridine rings is 1. The first-order chi connectivity index (χ1) is 18.0. The number of carbonyl (C=O) groups is 2. The normalized spacial score (nSPS) is 10.8. The van der Waals surface area contributed by atoms with Crippen LogP contribution in [0.25, 0.3) is 28.0 Å². The first kappa shape index (κ1) is 23.7. The molecule has 0 saturated heterocycles. The molecule has 3 aromatic carbocycles. The second-order valence-electron chi connectivity index (χ2n) is 8.31. The summed E-state index contributed by atoms with van der Waals surface area (Å²) in [5.74, 6) is -0.364. The summed E-state index contributed by atoms with van der Waals surface area (Å²) in [5.41, 5.74) is 4.19. The molecule has 0 spiro atoms. The lowest BCUT2D eigenvalue weighted by atomic mass is 10.1. The molecule has 0 aliphatic carbocycles. The van der Waals surface area contributed by atoms with Gasteiger partial charge in [0.15, 0.2) is 12.3 Å². The van der Waals surface area contributed by atoms with Crippen LogP contribution in [0.5, 0.6) is 5.75 Å². The number of methoxy groups -OCH3 is 1. The van der Waals surface area contributed by atoms with Gasteiger partial charge in [-0.3, -0.25) is 4.79 Å². The minimum Gasteiger partial charge on any atom is -0.497 e. The fraction of sp³-hybridized carbons (Fsp3) is 0.103. The summed E-state index contributed by atoms with van der Waals surface area (Å²) >= 11 is 0. The third-order valence-electron chi connectivity index (χ3n) is 5.81. The van der Waals surface area contributed by atoms with E-state index in [1.165, 1.54) is 0 Å². The van der Waals surface area contributed by atoms with Crippen LogP contribution in [0.15, 0.2) is 91.0 Å². The number of aromatic nitrogens is 3. The number of hydrogen-bond donors (Lipinski definition) is 1. The van der Waals surface area contributed by atoms with Crippen LogP contribution in [-0.2, 0) is 9.53 Å². The Balaban J connectivity index is 1.53. The predicted octanol–water partition coefficient (Wildman–Crippen LogP) is 5.20. The van der Waals surface area contributed by atoms with E-state index < -0.39 is 18.5 Å². The van der Waals surface area contributed by atoms with Gasteiger partial charge in [0.2, 0.25) is 0 Å². The van der Waals surface area contributed by atoms with Crippen molar-refractivity contribution in [2.75, 3.05) is 19.0 Å². The van der Waals surface area contributed by atoms with Crippen LogP contribution in [0, 0.1) is 6.92 Å². The Kier molecular flexibility index (Phi) is 6.63. The van der Waals surface area contributed by atoms with Crippen LogP contribution in [-0.4, -0.2) is 40.4 Å². The van der Waals surface area contributed by atoms with Crippen molar-refractivity contribution in [1.29, 1.82) is 0 Å². The Morgan fingerprint density at radius 2 is 1.59 bits per heavy atom. The smallest absolute Gasteiger partial charge is 0.339 e. The molecule has 0 atom stereocenters. The molecule has 5 rings (SSSR count). The van der Waals surface area contributed by atoms with Crippen LogP contribution < -0.4 is 10.1 Å². The molecular formula is C29H24N4O4. The summed E-state index contributed by atoms with van der Waals surface area (Å²) in [5, 5.41) is 7.94. The van der Waals surface area contributed by atoms with Gasteiger partial charge in [0.25, 0.3) is 5.91 Å². The topological polar surface area (TPSA) is 95.3 Å². The number of aryl methyl sites for hydroxylation is 1. The minimum atomic E-state index is -0.638. The maximum atomic E-state index is 13.3. The molecule has 1 N–H and O–H groups in total. The lowest BCUT2D eigenvalue weighted by molar-refractivity contribution is -0.119. The number of carbonyl (C=O) groups excluding carboxylic acids is 2. The molecule has 0 bridgehead atoms. The number of nitrogens with one attached hydrogen (secondary N) is 1. The van der Waals surface area contributed by atoms with Crippen molar-refractivity contribution in [3.63, 3.8) is 0 Å². The maximum absolute atomic E-state index is 13.3. The number of ether oxygens (including phenoxy) is 2. The molecule has 37 heavy (non-hydrogen) atoms. The molecular weight excluding hydrogens is 468 g/mol. The molecule has 0 unspecified atom stereocenters. The highest BCUT2D eigenvalue weighted by Crippen LogP contribution is 2.30. The summed E-state index contributed by atoms with van der Waals surface area (Å²) in [4.78, 5) is 30.6. The molecule has 184 valence electrons. The van der Waals surface area contributed by atoms with Crippen LogP contribution in [0.1, 0.15) is 16.1 Å². The average molecular weight is 493 g/mol. The third-order valence-corrected chi connectivity index (χ3v) is 5.81. The summed E-state index contributed by atoms with van der Waals surface area (Å²) < 4.78 is 12.4. The van der Waals surface area contributed by atoms with Gasteiger partial charge >= 0.3 is 5.97 Å². The number of amides is 1. The molecule has 0 aliphatic rings. The van der Waals surface area contributed by atoms with Crippen molar-refractivity contribution >= 4 is 28.6 Å². The van der Waals surface area contributed by atoms with Gasteiger partial charge in [0.1, 0.15) is 5.75 Å². The zero-order valence-corrected chi connectivity index (χ0v) is 20.3. The first-order valence-electron chi connectivity index (χ1n) is 11.7. The Hall–Kier alpha value is -4.98. The molecule has 0 saturated carbocycles. The average Bonchev–Trinajstić information content (AvgIpc) is 3.28. The van der Waals surface area contributed by atoms with E-state index in [4.69, 9.17) is 14.5 Å². The predicted molar refractivity (Wildman–Crippen MR) is 141 cm³/mol. The third kappa shape index (κ3) is 5.04. The summed E-state index contributed by atoms with van der Waals surface area (Å²) in [6.45, 7) is 1.39. The van der Waals surface area contributed by atoms with Gasteiger partial charge in [-0.15, -0.1) is 0 Å². The number of para-hydroxylation sites is 2. The van der Waals surface area contributed by atoms with Gasteiger partial charge in [-0.1, -0.05) is 36.4 Å². The van der Waals surface area contributed by atoms with Crippen molar-refractivity contribution in [1.82, 2.24) is 14.8 Å². The van der Waals surface area contributed by atoms with Gasteiger partial charge in [0.05, 0.1) is 35.1 Å². The van der Waals surface area contributed by atoms with Crippen molar-refractivity contribution < 1.29 is 19.1 Å². The zero-order valence-electron chi connectivity index (χ0n) is 20.3. The molecule has 0 fully saturated rings. The second kappa shape index (κ2) is 10.3. The highest BCUT2D eigenvalue weighted by Gasteiger charge is 2.22. The van der Waals surface area contributed by atoms with E-state index in [9.17, 15) is 9.59 Å². The van der Waals surface area contributed by atoms with Gasteiger partial charge in [-0.05, 0) is 61.5 Å². The second-order valence-corrected chi connectivity index (χ2v) is 8.31. The SMILES string of the molecule is COc1ccc(-c2cc(C(=O)OCC(=O)Nc3ccccc3)c3c(C)nn(-c4ccccc4)c3n2)cc1. The van der Waals surface area contributed by atoms with E-state index in [1.54, 1.807) is 30.0 Å². The van der Waals surface area contributed by atoms with Gasteiger partial charge < -0.3 is 14.8 Å². The summed E-state index contributed by atoms with van der Waals surface area (Å²) in [7, 11) is 1.60. The fourth-order valence-corrected chi connectivity index (χ4v) is 4.04. The minimum absolute atomic E-state index is 0.281. The van der Waals surface area contributed by atoms with E-state index in [-0.39, 0.29) is 5.56 Å². The molecule has 0 aliphatic heterocycles. The molecule has 1 amide bonds. The first-order valence-corrected chi connectivity index (χ1v) is 11.7. The summed E-state index contributed by atoms with van der Waals surface area (Å²) in [6.07, 6.45) is 0. The lowest BCUT2D eigenvalue weighted by Gasteiger charge is -2.10. The molecule has 8 heteroatoms. The number of esters is 1. The number of hydrogen-bond acceptors (Lipinski definition) is 6. The van der Waals surface area contributed by atoms with Crippen molar-refractivity contribution in [2.24, 2.45) is 0 Å². The highest BCUT2D eigenvalue weighted by molar-refractivity contribution is 6.06. The molecule has 0 radical (unpaired) electrons. The van der Waals surface area contributed by atoms with Crippen molar-refractivity contribution in [3.05, 3.63) is 102 Å². The highest BCUT2D eigenvalue weighted by atomic mass is 16.5. The van der Waals surface area contributed by atoms with Gasteiger partial charge in [-0.2, -0.15) is 5.10 Å². The standard InChI is InChI=1S/C29H24N4O4/c1-19-27-24(29(35)37-18-26(34)30-21-9-5-3-6-10-21)17-25(20-13-15-23(36-2)16-14-20)31-28(27)33(32-19)22-11-7-4-8-12-22/h3-17H,18H2,1-2H3,(H,30,34). The van der Waals surface area contributed by atoms with E-state index in [1.807, 2.05) is 79.7 Å². The van der Waals surface area contributed by atoms with E-state index in [0.717, 1.165) is 11.3 Å². The molecule has 5 aromatic rings. The lowest BCUT2D eigenvalue weighted by Crippen LogP contribution is -2.21. The van der Waals surface area contributed by atoms with E-state index in [0.29, 0.717) is 33.9 Å². The Bertz CT molecular complexity index is 1560. The van der Waals surface area contributed by atoms with Gasteiger partial charge in [-0.25, -0.2) is 14.5 Å². The zero-order chi connectivity index (χ0) is 25.8. The number of fused-ring (bicyclic) bond motifs is 1. The summed E-state index contributed by atoms with van der Waals surface area (Å²) in [6, 6.07) is 27.6. The van der Waals surface area contributed by atoms with Crippen LogP contribution in [0.4, 0.5) is 5.69 Å². The number of benzene rings is 3. The van der Waals surface area contributed by atoms with Crippen LogP contribution >= 0.6 is 0 Å². The monoisotopic (exact) mass is 492 g/mol. The molecule has 2 heterocycles. The van der Waals surface area contributed by atoms with Crippen LogP contribution in [0.2, 0.25) is 0 Å². The van der Waals surface area contributed by atoms with E-state index >= 15 is 0 Å². The number of rotatable bonds is 7. The molecule has 2 aromatic heterocycles. The Morgan fingerprint density at radius 1 is 0.919 bits per heavy atom. The van der Waals surface area contributed by atoms with Crippen LogP contribution in [0.3, 0.4) is 0 Å². The Labute approximate surface area is 213 Å². The van der Waals surface area contributed by atoms with E-state index in [2.05, 4.69) is 10.4 Å². The quantitative estimate of drug-likeness (QED) is 0.314. The number of anilines is 1. The Morgan fingerprint density at radius 3 is 2.27 bits per heavy atom. The van der Waals surface area contributed by atoms with Crippen molar-refractivity contribution in [2.45, 2.75) is 6.92 Å². The maximum Gasteiger partial charge on any atom is 0.339 e. The molecule has 8 nitrogen and oxygen atoms in total. The fourth-order valence-electron chi connectivity index (χ4n) is 4.04.